The van der Waals surface area contributed by atoms with Gasteiger partial charge in [-0.15, -0.1) is 0 Å². The minimum atomic E-state index is -0.458. The van der Waals surface area contributed by atoms with Gasteiger partial charge in [-0.1, -0.05) is 97.1 Å². The molecule has 2 aliphatic rings. The Bertz CT molecular complexity index is 2150. The van der Waals surface area contributed by atoms with E-state index >= 15 is 0 Å². The fourth-order valence-corrected chi connectivity index (χ4v) is 8.61. The Hall–Kier alpha value is -5.10. The first-order chi connectivity index (χ1) is 38.6. The van der Waals surface area contributed by atoms with Gasteiger partial charge in [-0.25, -0.2) is 9.59 Å². The van der Waals surface area contributed by atoms with Crippen LogP contribution in [-0.4, -0.2) is 222 Å². The van der Waals surface area contributed by atoms with Crippen molar-refractivity contribution in [1.82, 2.24) is 10.2 Å². The molecule has 0 spiro atoms. The Kier molecular flexibility index (Phi) is 31.3. The van der Waals surface area contributed by atoms with Crippen molar-refractivity contribution < 1.29 is 80.6 Å². The standard InChI is InChI=1S/C59H82N2O17/c1-61(59(63)78-47-57-54-16-8-4-12-50(54)51-13-5-9-17-55(51)57)19-21-65-23-25-67-27-29-69-31-33-71-35-37-73-39-41-75-43-45-76-44-42-74-40-38-72-36-34-70-32-30-68-28-26-66-24-22-64-20-18-60-58(62)77-46-56-52-14-6-2-10-48(52)49-11-3-7-15-53(49)56/h2-17,56-57H,18-47H2,1H3,(H,60,62). The van der Waals surface area contributed by atoms with Gasteiger partial charge in [0.1, 0.15) is 13.2 Å². The first-order valence-electron chi connectivity index (χ1n) is 27.3. The summed E-state index contributed by atoms with van der Waals surface area (Å²) in [5, 5.41) is 2.75. The number of nitrogens with zero attached hydrogens (tertiary/aromatic N) is 1. The molecule has 19 heteroatoms. The van der Waals surface area contributed by atoms with Crippen molar-refractivity contribution in [1.29, 1.82) is 0 Å². The molecule has 2 amide bonds. The number of benzene rings is 4. The van der Waals surface area contributed by atoms with E-state index in [0.29, 0.717) is 191 Å². The van der Waals surface area contributed by atoms with E-state index in [-0.39, 0.29) is 24.5 Å². The number of nitrogens with one attached hydrogen (secondary N) is 1. The molecule has 0 bridgehead atoms. The van der Waals surface area contributed by atoms with E-state index in [1.807, 2.05) is 48.5 Å². The zero-order chi connectivity index (χ0) is 54.3. The Balaban J connectivity index is 0.569. The number of alkyl carbamates (subject to hydrolysis) is 1. The molecule has 0 atom stereocenters. The van der Waals surface area contributed by atoms with Gasteiger partial charge in [0.25, 0.3) is 0 Å². The van der Waals surface area contributed by atoms with Crippen LogP contribution in [0.2, 0.25) is 0 Å². The lowest BCUT2D eigenvalue weighted by atomic mass is 9.98. The molecule has 4 aromatic rings. The van der Waals surface area contributed by atoms with Crippen molar-refractivity contribution in [2.45, 2.75) is 11.8 Å². The quantitative estimate of drug-likeness (QED) is 0.0465. The second-order valence-electron chi connectivity index (χ2n) is 17.9. The van der Waals surface area contributed by atoms with E-state index in [1.165, 1.54) is 49.4 Å². The molecule has 0 saturated heterocycles. The third-order valence-corrected chi connectivity index (χ3v) is 12.5. The number of carbonyl (C=O) groups excluding carboxylic acids is 2. The van der Waals surface area contributed by atoms with Crippen molar-refractivity contribution >= 4 is 12.2 Å². The van der Waals surface area contributed by atoms with Crippen LogP contribution < -0.4 is 5.32 Å². The van der Waals surface area contributed by atoms with Crippen molar-refractivity contribution in [3.63, 3.8) is 0 Å². The van der Waals surface area contributed by atoms with Crippen LogP contribution in [0, 0.1) is 0 Å². The van der Waals surface area contributed by atoms with Crippen molar-refractivity contribution in [3.8, 4) is 22.3 Å². The third kappa shape index (κ3) is 23.3. The minimum absolute atomic E-state index is 0.0286. The third-order valence-electron chi connectivity index (χ3n) is 12.5. The lowest BCUT2D eigenvalue weighted by Gasteiger charge is -2.19. The van der Waals surface area contributed by atoms with E-state index in [0.717, 1.165) is 0 Å². The van der Waals surface area contributed by atoms with Gasteiger partial charge in [0.15, 0.2) is 0 Å². The van der Waals surface area contributed by atoms with E-state index < -0.39 is 6.09 Å². The molecular formula is C59H82N2O17. The van der Waals surface area contributed by atoms with Gasteiger partial charge in [-0.3, -0.25) is 0 Å². The van der Waals surface area contributed by atoms with E-state index in [2.05, 4.69) is 53.8 Å². The van der Waals surface area contributed by atoms with E-state index in [9.17, 15) is 9.59 Å². The SMILES string of the molecule is CN(CCOCCOCCOCCOCCOCCOCCOCCOCCOCCOCCOCCOCCOCCNC(=O)OCC1c2ccccc2-c2ccccc21)C(=O)OCC1c2ccccc2-c2ccccc21. The van der Waals surface area contributed by atoms with Crippen LogP contribution in [0.15, 0.2) is 97.1 Å². The number of hydrogen-bond acceptors (Lipinski definition) is 17. The predicted molar refractivity (Wildman–Crippen MR) is 291 cm³/mol. The Morgan fingerprint density at radius 3 is 0.885 bits per heavy atom. The number of amides is 2. The minimum Gasteiger partial charge on any atom is -0.449 e. The van der Waals surface area contributed by atoms with Crippen molar-refractivity contribution in [2.24, 2.45) is 0 Å². The van der Waals surface area contributed by atoms with E-state index in [4.69, 9.17) is 71.1 Å². The summed E-state index contributed by atoms with van der Waals surface area (Å²) >= 11 is 0. The molecule has 430 valence electrons. The van der Waals surface area contributed by atoms with Crippen LogP contribution in [-0.2, 0) is 71.1 Å². The van der Waals surface area contributed by atoms with Gasteiger partial charge in [-0.05, 0) is 44.5 Å². The van der Waals surface area contributed by atoms with Gasteiger partial charge < -0.3 is 81.3 Å². The smallest absolute Gasteiger partial charge is 0.409 e. The molecule has 0 fully saturated rings. The number of ether oxygens (including phenoxy) is 15. The average Bonchev–Trinajstić information content (AvgIpc) is 4.03. The largest absolute Gasteiger partial charge is 0.449 e. The number of hydrogen-bond donors (Lipinski definition) is 1. The highest BCUT2D eigenvalue weighted by Gasteiger charge is 2.30. The van der Waals surface area contributed by atoms with Gasteiger partial charge >= 0.3 is 12.2 Å². The monoisotopic (exact) mass is 1090 g/mol. The molecule has 78 heavy (non-hydrogen) atoms. The summed E-state index contributed by atoms with van der Waals surface area (Å²) in [7, 11) is 1.71. The first-order valence-corrected chi connectivity index (χ1v) is 27.3. The second-order valence-corrected chi connectivity index (χ2v) is 17.9. The van der Waals surface area contributed by atoms with Crippen LogP contribution in [0.4, 0.5) is 9.59 Å². The highest BCUT2D eigenvalue weighted by atomic mass is 16.6. The molecule has 0 radical (unpaired) electrons. The fraction of sp³-hybridized carbons (Fsp3) is 0.559. The molecule has 0 aliphatic heterocycles. The Labute approximate surface area is 460 Å². The number of rotatable bonds is 46. The fourth-order valence-electron chi connectivity index (χ4n) is 8.61. The zero-order valence-electron chi connectivity index (χ0n) is 45.5. The molecule has 6 rings (SSSR count). The zero-order valence-corrected chi connectivity index (χ0v) is 45.5. The molecule has 0 heterocycles. The summed E-state index contributed by atoms with van der Waals surface area (Å²) in [5.74, 6) is 0.0588. The van der Waals surface area contributed by atoms with Gasteiger partial charge in [0.05, 0.1) is 172 Å². The molecular weight excluding hydrogens is 1010 g/mol. The summed E-state index contributed by atoms with van der Waals surface area (Å²) in [5.41, 5.74) is 9.53. The van der Waals surface area contributed by atoms with Crippen LogP contribution in [0.5, 0.6) is 0 Å². The Morgan fingerprint density at radius 1 is 0.346 bits per heavy atom. The van der Waals surface area contributed by atoms with Crippen LogP contribution >= 0.6 is 0 Å². The van der Waals surface area contributed by atoms with E-state index in [1.54, 1.807) is 7.05 Å². The number of likely N-dealkylation sites (N-methyl/N-ethyl adjacent to an activating group) is 1. The molecule has 0 aromatic heterocycles. The molecule has 0 saturated carbocycles. The number of carbonyl (C=O) groups is 2. The Morgan fingerprint density at radius 2 is 0.590 bits per heavy atom. The first kappa shape index (κ1) is 62.1. The van der Waals surface area contributed by atoms with Crippen molar-refractivity contribution in [2.75, 3.05) is 205 Å². The van der Waals surface area contributed by atoms with Gasteiger partial charge in [0.2, 0.25) is 0 Å². The molecule has 19 nitrogen and oxygen atoms in total. The summed E-state index contributed by atoms with van der Waals surface area (Å²) in [6, 6.07) is 33.1. The molecule has 0 unspecified atom stereocenters. The van der Waals surface area contributed by atoms with Gasteiger partial charge in [-0.2, -0.15) is 0 Å². The topological polar surface area (TPSA) is 188 Å². The maximum atomic E-state index is 12.7. The summed E-state index contributed by atoms with van der Waals surface area (Å²) in [6.07, 6.45) is -0.828. The summed E-state index contributed by atoms with van der Waals surface area (Å²) in [4.78, 5) is 26.5. The van der Waals surface area contributed by atoms with Crippen LogP contribution in [0.25, 0.3) is 22.3 Å². The highest BCUT2D eigenvalue weighted by Crippen LogP contribution is 2.45. The van der Waals surface area contributed by atoms with Crippen LogP contribution in [0.3, 0.4) is 0 Å². The van der Waals surface area contributed by atoms with Crippen LogP contribution in [0.1, 0.15) is 34.1 Å². The average molecular weight is 1090 g/mol. The maximum absolute atomic E-state index is 12.7. The summed E-state index contributed by atoms with van der Waals surface area (Å²) < 4.78 is 83.4. The van der Waals surface area contributed by atoms with Gasteiger partial charge in [0, 0.05) is 32.0 Å². The predicted octanol–water partition coefficient (Wildman–Crippen LogP) is 6.62. The highest BCUT2D eigenvalue weighted by molar-refractivity contribution is 5.80. The summed E-state index contributed by atoms with van der Waals surface area (Å²) in [6.45, 7) is 13.2. The second kappa shape index (κ2) is 39.3. The normalized spacial score (nSPS) is 12.6. The number of fused-ring (bicyclic) bond motifs is 6. The lowest BCUT2D eigenvalue weighted by Crippen LogP contribution is -2.32. The molecule has 4 aromatic carbocycles. The molecule has 2 aliphatic carbocycles. The lowest BCUT2D eigenvalue weighted by molar-refractivity contribution is -0.0290. The molecule has 1 N–H and O–H groups in total. The maximum Gasteiger partial charge on any atom is 0.409 e. The van der Waals surface area contributed by atoms with Crippen molar-refractivity contribution in [3.05, 3.63) is 119 Å².